The molecule has 322 valence electrons. The predicted molar refractivity (Wildman–Crippen MR) is 233 cm³/mol. The Morgan fingerprint density at radius 2 is 1.74 bits per heavy atom. The lowest BCUT2D eigenvalue weighted by molar-refractivity contribution is -0.125. The Hall–Kier alpha value is -5.19. The molecule has 15 nitrogen and oxygen atoms in total. The molecule has 2 atom stereocenters. The zero-order valence-electron chi connectivity index (χ0n) is 34.7. The third kappa shape index (κ3) is 8.67. The van der Waals surface area contributed by atoms with Crippen LogP contribution in [-0.2, 0) is 27.1 Å². The molecule has 16 heteroatoms. The van der Waals surface area contributed by atoms with Gasteiger partial charge in [-0.05, 0) is 93.0 Å². The molecule has 9 rings (SSSR count). The zero-order chi connectivity index (χ0) is 42.0. The number of rotatable bonds is 14. The number of benzene rings is 2. The maximum atomic E-state index is 13.8. The van der Waals surface area contributed by atoms with Gasteiger partial charge < -0.3 is 30.0 Å². The van der Waals surface area contributed by atoms with Crippen molar-refractivity contribution >= 4 is 51.8 Å². The molecule has 4 fully saturated rings. The predicted octanol–water partition coefficient (Wildman–Crippen LogP) is 4.29. The van der Waals surface area contributed by atoms with Gasteiger partial charge >= 0.3 is 0 Å². The number of aldehydes is 1. The first kappa shape index (κ1) is 41.2. The van der Waals surface area contributed by atoms with Crippen molar-refractivity contribution in [2.24, 2.45) is 0 Å². The van der Waals surface area contributed by atoms with Crippen molar-refractivity contribution in [1.29, 1.82) is 0 Å². The maximum absolute atomic E-state index is 13.8. The van der Waals surface area contributed by atoms with Crippen molar-refractivity contribution < 1.29 is 23.3 Å². The average molecular weight is 850 g/mol. The van der Waals surface area contributed by atoms with E-state index < -0.39 is 17.0 Å². The van der Waals surface area contributed by atoms with E-state index in [4.69, 9.17) is 9.72 Å². The Labute approximate surface area is 358 Å². The summed E-state index contributed by atoms with van der Waals surface area (Å²) in [5, 5.41) is 7.00. The summed E-state index contributed by atoms with van der Waals surface area (Å²) >= 11 is 0. The second-order valence-electron chi connectivity index (χ2n) is 17.1. The minimum Gasteiger partial charge on any atom is -0.490 e. The van der Waals surface area contributed by atoms with E-state index in [1.54, 1.807) is 30.3 Å². The van der Waals surface area contributed by atoms with Crippen LogP contribution < -0.4 is 25.8 Å². The molecule has 2 unspecified atom stereocenters. The van der Waals surface area contributed by atoms with Crippen molar-refractivity contribution in [2.75, 3.05) is 56.5 Å². The highest BCUT2D eigenvalue weighted by Crippen LogP contribution is 2.34. The Bertz CT molecular complexity index is 2350. The summed E-state index contributed by atoms with van der Waals surface area (Å²) in [6.07, 6.45) is 10.9. The third-order valence-electron chi connectivity index (χ3n) is 13.3. The highest BCUT2D eigenvalue weighted by Gasteiger charge is 2.38. The number of piperidine rings is 2. The van der Waals surface area contributed by atoms with E-state index in [0.717, 1.165) is 111 Å². The summed E-state index contributed by atoms with van der Waals surface area (Å²) < 4.78 is 24.1. The number of ether oxygens (including phenoxy) is 1. The molecule has 3 saturated heterocycles. The Balaban J connectivity index is 0.729. The minimum absolute atomic E-state index is 0.00905. The van der Waals surface area contributed by atoms with Gasteiger partial charge in [-0.1, -0.05) is 18.9 Å². The van der Waals surface area contributed by atoms with Gasteiger partial charge in [0.2, 0.25) is 11.9 Å². The first-order valence-corrected chi connectivity index (χ1v) is 23.0. The molecule has 61 heavy (non-hydrogen) atoms. The minimum atomic E-state index is -1.31. The number of carbonyl (C=O) groups is 3. The highest BCUT2D eigenvalue weighted by atomic mass is 32.2. The maximum Gasteiger partial charge on any atom is 0.255 e. The summed E-state index contributed by atoms with van der Waals surface area (Å²) in [4.78, 5) is 66.3. The lowest BCUT2D eigenvalue weighted by Crippen LogP contribution is -2.61. The van der Waals surface area contributed by atoms with Crippen LogP contribution in [0.1, 0.15) is 86.2 Å². The van der Waals surface area contributed by atoms with Crippen LogP contribution in [0, 0.1) is 0 Å². The smallest absolute Gasteiger partial charge is 0.255 e. The summed E-state index contributed by atoms with van der Waals surface area (Å²) in [6.45, 7) is 5.39. The zero-order valence-corrected chi connectivity index (χ0v) is 35.6. The van der Waals surface area contributed by atoms with Crippen molar-refractivity contribution in [2.45, 2.75) is 106 Å². The fraction of sp³-hybridized carbons (Fsp3) is 0.511. The molecule has 0 spiro atoms. The summed E-state index contributed by atoms with van der Waals surface area (Å²) in [5.41, 5.74) is 3.30. The number of hydrogen-bond acceptors (Lipinski definition) is 11. The van der Waals surface area contributed by atoms with Gasteiger partial charge in [-0.15, -0.1) is 0 Å². The first-order chi connectivity index (χ1) is 29.8. The molecule has 4 aromatic rings. The molecular weight excluding hydrogens is 795 g/mol. The lowest BCUT2D eigenvalue weighted by Gasteiger charge is -2.48. The SMILES string of the molecule is CNC(=O)C(CCC=O)N1Cc2cc(N3CC(N4CCC(Oc5cccc(S(=O)N6CCC(Nc7ncc8ccc(=O)n(C9CCCC9)c8n7)CC6)c5)CC4)C3)ccc2C1=O. The molecule has 5 aliphatic rings. The van der Waals surface area contributed by atoms with Gasteiger partial charge in [0.05, 0.1) is 4.90 Å². The van der Waals surface area contributed by atoms with E-state index >= 15 is 0 Å². The molecule has 0 radical (unpaired) electrons. The van der Waals surface area contributed by atoms with Crippen molar-refractivity contribution in [1.82, 2.24) is 34.0 Å². The topological polar surface area (TPSA) is 162 Å². The molecule has 4 aliphatic heterocycles. The van der Waals surface area contributed by atoms with Gasteiger partial charge in [0, 0.05) is 106 Å². The van der Waals surface area contributed by atoms with Crippen LogP contribution in [0.4, 0.5) is 11.6 Å². The van der Waals surface area contributed by atoms with Crippen LogP contribution in [0.2, 0.25) is 0 Å². The number of anilines is 2. The fourth-order valence-electron chi connectivity index (χ4n) is 9.82. The first-order valence-electron chi connectivity index (χ1n) is 21.9. The van der Waals surface area contributed by atoms with E-state index in [0.29, 0.717) is 49.3 Å². The highest BCUT2D eigenvalue weighted by molar-refractivity contribution is 7.82. The van der Waals surface area contributed by atoms with Gasteiger partial charge in [-0.2, -0.15) is 4.98 Å². The summed E-state index contributed by atoms with van der Waals surface area (Å²) in [7, 11) is 0.238. The number of likely N-dealkylation sites (N-methyl/N-ethyl adjacent to an activating group) is 1. The quantitative estimate of drug-likeness (QED) is 0.174. The van der Waals surface area contributed by atoms with Crippen LogP contribution in [0.3, 0.4) is 0 Å². The number of amides is 2. The number of aromatic nitrogens is 3. The standard InChI is InChI=1S/C45H55N9O6S/c1-46-43(57)40(10-5-23-55)53-27-31-24-34(12-13-39(31)44(53)58)51-28-35(29-51)50-19-17-36(18-20-50)60-37-8-4-9-38(25-37)61(59)52-21-15-32(16-22-52)48-45-47-26-30-11-14-41(56)54(42(30)49-45)33-6-2-3-7-33/h4,8-9,11-14,23-26,32-33,35-36,40H,2-3,5-7,10,15-22,27-29H2,1H3,(H,46,57)(H,47,48,49). The second kappa shape index (κ2) is 18.0. The second-order valence-corrected chi connectivity index (χ2v) is 18.6. The van der Waals surface area contributed by atoms with E-state index in [1.165, 1.54) is 0 Å². The number of fused-ring (bicyclic) bond motifs is 2. The largest absolute Gasteiger partial charge is 0.490 e. The molecular formula is C45H55N9O6S. The number of nitrogens with zero attached hydrogens (tertiary/aromatic N) is 7. The number of pyridine rings is 1. The number of nitrogens with one attached hydrogen (secondary N) is 2. The van der Waals surface area contributed by atoms with Crippen molar-refractivity contribution in [3.8, 4) is 5.75 Å². The normalized spacial score (nSPS) is 20.7. The molecule has 1 saturated carbocycles. The molecule has 2 aromatic carbocycles. The van der Waals surface area contributed by atoms with E-state index in [1.807, 2.05) is 45.3 Å². The van der Waals surface area contributed by atoms with Crippen LogP contribution in [0.25, 0.3) is 11.0 Å². The van der Waals surface area contributed by atoms with Gasteiger partial charge in [-0.25, -0.2) is 13.5 Å². The summed E-state index contributed by atoms with van der Waals surface area (Å²) in [5.74, 6) is 0.855. The molecule has 2 N–H and O–H groups in total. The fourth-order valence-corrected chi connectivity index (χ4v) is 11.1. The molecule has 2 amide bonds. The van der Waals surface area contributed by atoms with E-state index in [2.05, 4.69) is 31.5 Å². The van der Waals surface area contributed by atoms with Gasteiger partial charge in [0.1, 0.15) is 40.8 Å². The Morgan fingerprint density at radius 3 is 2.49 bits per heavy atom. The van der Waals surface area contributed by atoms with Gasteiger partial charge in [0.15, 0.2) is 0 Å². The average Bonchev–Trinajstić information content (AvgIpc) is 3.92. The molecule has 0 bridgehead atoms. The number of hydrogen-bond donors (Lipinski definition) is 2. The molecule has 6 heterocycles. The van der Waals surface area contributed by atoms with Crippen molar-refractivity contribution in [3.05, 3.63) is 82.3 Å². The van der Waals surface area contributed by atoms with Crippen molar-refractivity contribution in [3.63, 3.8) is 0 Å². The number of likely N-dealkylation sites (tertiary alicyclic amines) is 1. The lowest BCUT2D eigenvalue weighted by atomic mass is 9.99. The summed E-state index contributed by atoms with van der Waals surface area (Å²) in [6, 6.07) is 17.2. The Kier molecular flexibility index (Phi) is 12.2. The monoisotopic (exact) mass is 849 g/mol. The van der Waals surface area contributed by atoms with Crippen LogP contribution in [0.15, 0.2) is 70.5 Å². The van der Waals surface area contributed by atoms with Crippen LogP contribution in [-0.4, -0.2) is 121 Å². The number of carbonyl (C=O) groups excluding carboxylic acids is 3. The third-order valence-corrected chi connectivity index (χ3v) is 14.8. The van der Waals surface area contributed by atoms with E-state index in [-0.39, 0.29) is 42.0 Å². The van der Waals surface area contributed by atoms with Gasteiger partial charge in [0.25, 0.3) is 11.5 Å². The van der Waals surface area contributed by atoms with E-state index in [9.17, 15) is 23.4 Å². The molecule has 2 aromatic heterocycles. The molecule has 1 aliphatic carbocycles. The van der Waals surface area contributed by atoms with Crippen LogP contribution >= 0.6 is 0 Å². The van der Waals surface area contributed by atoms with Crippen LogP contribution in [0.5, 0.6) is 5.75 Å². The Morgan fingerprint density at radius 1 is 0.951 bits per heavy atom. The van der Waals surface area contributed by atoms with Gasteiger partial charge in [-0.3, -0.25) is 23.9 Å².